The molecule has 41 heavy (non-hydrogen) atoms. The van der Waals surface area contributed by atoms with Gasteiger partial charge in [-0.3, -0.25) is 4.90 Å². The largest absolute Gasteiger partial charge is 0.444 e. The van der Waals surface area contributed by atoms with Crippen LogP contribution in [0.3, 0.4) is 0 Å². The van der Waals surface area contributed by atoms with Crippen LogP contribution in [0.25, 0.3) is 10.9 Å². The SMILES string of the molecule is Cc1cc2c(F)c(Oc3ccnc(NC4=CC=CC(OCCN5CCN(C(=O)OC(C)(C)C)CC5)C4)n3)ccc2[nH]1. The van der Waals surface area contributed by atoms with Gasteiger partial charge in [0.15, 0.2) is 11.6 Å². The predicted octanol–water partition coefficient (Wildman–Crippen LogP) is 5.39. The number of halogens is 1. The van der Waals surface area contributed by atoms with Gasteiger partial charge >= 0.3 is 6.09 Å². The van der Waals surface area contributed by atoms with Crippen LogP contribution in [-0.4, -0.2) is 81.9 Å². The number of nitrogens with one attached hydrogen (secondary N) is 2. The topological polar surface area (TPSA) is 105 Å². The van der Waals surface area contributed by atoms with E-state index in [1.165, 1.54) is 0 Å². The fraction of sp³-hybridized carbons (Fsp3) is 0.433. The van der Waals surface area contributed by atoms with Crippen molar-refractivity contribution in [1.29, 1.82) is 0 Å². The van der Waals surface area contributed by atoms with Crippen LogP contribution >= 0.6 is 0 Å². The molecule has 1 aromatic carbocycles. The molecule has 2 N–H and O–H groups in total. The minimum absolute atomic E-state index is 0.0874. The number of ether oxygens (including phenoxy) is 3. The van der Waals surface area contributed by atoms with Crippen molar-refractivity contribution in [3.8, 4) is 11.6 Å². The molecule has 11 heteroatoms. The molecule has 1 fully saturated rings. The third kappa shape index (κ3) is 7.62. The lowest BCUT2D eigenvalue weighted by molar-refractivity contribution is 0.00938. The van der Waals surface area contributed by atoms with Crippen molar-refractivity contribution in [2.45, 2.75) is 45.8 Å². The van der Waals surface area contributed by atoms with Crippen LogP contribution in [0.5, 0.6) is 11.6 Å². The van der Waals surface area contributed by atoms with E-state index in [-0.39, 0.29) is 23.8 Å². The smallest absolute Gasteiger partial charge is 0.410 e. The van der Waals surface area contributed by atoms with Crippen molar-refractivity contribution in [2.75, 3.05) is 44.6 Å². The molecular formula is C30H37FN6O4. The lowest BCUT2D eigenvalue weighted by Gasteiger charge is -2.35. The Hall–Kier alpha value is -3.96. The Morgan fingerprint density at radius 1 is 1.20 bits per heavy atom. The number of hydrogen-bond donors (Lipinski definition) is 2. The summed E-state index contributed by atoms with van der Waals surface area (Å²) in [7, 11) is 0. The summed E-state index contributed by atoms with van der Waals surface area (Å²) in [6.07, 6.45) is 7.78. The first-order chi connectivity index (χ1) is 19.6. The van der Waals surface area contributed by atoms with Gasteiger partial charge in [0.25, 0.3) is 0 Å². The number of carbonyl (C=O) groups excluding carboxylic acids is 1. The lowest BCUT2D eigenvalue weighted by Crippen LogP contribution is -2.50. The molecule has 5 rings (SSSR count). The van der Waals surface area contributed by atoms with E-state index >= 15 is 0 Å². The van der Waals surface area contributed by atoms with E-state index in [0.29, 0.717) is 43.0 Å². The van der Waals surface area contributed by atoms with E-state index in [1.807, 2.05) is 45.9 Å². The number of benzene rings is 1. The summed E-state index contributed by atoms with van der Waals surface area (Å²) in [4.78, 5) is 28.1. The number of rotatable bonds is 8. The predicted molar refractivity (Wildman–Crippen MR) is 155 cm³/mol. The minimum atomic E-state index is -0.489. The zero-order valence-corrected chi connectivity index (χ0v) is 23.9. The Morgan fingerprint density at radius 2 is 2.00 bits per heavy atom. The highest BCUT2D eigenvalue weighted by Crippen LogP contribution is 2.30. The normalized spacial score (nSPS) is 17.9. The number of aromatic nitrogens is 3. The van der Waals surface area contributed by atoms with Gasteiger partial charge in [0.1, 0.15) is 5.60 Å². The van der Waals surface area contributed by atoms with Crippen molar-refractivity contribution in [1.82, 2.24) is 24.8 Å². The van der Waals surface area contributed by atoms with E-state index in [9.17, 15) is 9.18 Å². The van der Waals surface area contributed by atoms with Gasteiger partial charge in [0, 0.05) is 73.7 Å². The zero-order valence-electron chi connectivity index (χ0n) is 23.9. The van der Waals surface area contributed by atoms with Crippen LogP contribution in [0.1, 0.15) is 32.9 Å². The summed E-state index contributed by atoms with van der Waals surface area (Å²) in [5, 5.41) is 3.70. The van der Waals surface area contributed by atoms with Gasteiger partial charge in [-0.15, -0.1) is 0 Å². The van der Waals surface area contributed by atoms with Crippen molar-refractivity contribution >= 4 is 22.9 Å². The number of piperazine rings is 1. The molecule has 10 nitrogen and oxygen atoms in total. The number of aryl methyl sites for hydroxylation is 1. The molecule has 3 heterocycles. The number of carbonyl (C=O) groups is 1. The maximum Gasteiger partial charge on any atom is 0.410 e. The number of amides is 1. The Balaban J connectivity index is 1.07. The van der Waals surface area contributed by atoms with E-state index in [1.54, 1.807) is 35.4 Å². The number of fused-ring (bicyclic) bond motifs is 1. The molecule has 1 saturated heterocycles. The summed E-state index contributed by atoms with van der Waals surface area (Å²) in [6, 6.07) is 6.70. The molecule has 218 valence electrons. The summed E-state index contributed by atoms with van der Waals surface area (Å²) < 4.78 is 32.3. The second-order valence-electron chi connectivity index (χ2n) is 11.2. The first-order valence-electron chi connectivity index (χ1n) is 13.9. The molecule has 2 aromatic heterocycles. The molecule has 0 radical (unpaired) electrons. The number of allylic oxidation sites excluding steroid dienone is 2. The Kier molecular flexibility index (Phi) is 8.55. The summed E-state index contributed by atoms with van der Waals surface area (Å²) in [5.74, 6) is 0.245. The molecule has 1 unspecified atom stereocenters. The standard InChI is InChI=1S/C30H37FN6O4/c1-20-18-23-24(33-20)8-9-25(27(23)31)40-26-10-11-32-28(35-26)34-21-6-5-7-22(19-21)39-17-16-36-12-14-37(15-13-36)29(38)41-30(2,3)4/h5-11,18,22,33H,12-17,19H2,1-4H3,(H,32,34,35). The van der Waals surface area contributed by atoms with Crippen LogP contribution in [-0.2, 0) is 9.47 Å². The fourth-order valence-corrected chi connectivity index (χ4v) is 4.75. The van der Waals surface area contributed by atoms with Crippen molar-refractivity contribution in [2.24, 2.45) is 0 Å². The monoisotopic (exact) mass is 564 g/mol. The highest BCUT2D eigenvalue weighted by molar-refractivity contribution is 5.82. The van der Waals surface area contributed by atoms with E-state index in [0.717, 1.165) is 31.0 Å². The van der Waals surface area contributed by atoms with E-state index < -0.39 is 11.4 Å². The fourth-order valence-electron chi connectivity index (χ4n) is 4.75. The van der Waals surface area contributed by atoms with Gasteiger partial charge in [0.05, 0.1) is 12.7 Å². The van der Waals surface area contributed by atoms with Crippen LogP contribution in [0.15, 0.2) is 54.4 Å². The third-order valence-electron chi connectivity index (χ3n) is 6.76. The quantitative estimate of drug-likeness (QED) is 0.375. The second-order valence-corrected chi connectivity index (χ2v) is 11.2. The maximum absolute atomic E-state index is 14.9. The van der Waals surface area contributed by atoms with Crippen molar-refractivity contribution in [3.63, 3.8) is 0 Å². The Bertz CT molecular complexity index is 1440. The van der Waals surface area contributed by atoms with Crippen molar-refractivity contribution in [3.05, 3.63) is 65.9 Å². The number of hydrogen-bond acceptors (Lipinski definition) is 8. The summed E-state index contributed by atoms with van der Waals surface area (Å²) in [5.41, 5.74) is 2.00. The van der Waals surface area contributed by atoms with E-state index in [4.69, 9.17) is 14.2 Å². The van der Waals surface area contributed by atoms with Gasteiger partial charge in [-0.1, -0.05) is 12.2 Å². The number of anilines is 1. The van der Waals surface area contributed by atoms with Gasteiger partial charge in [-0.25, -0.2) is 14.2 Å². The summed E-state index contributed by atoms with van der Waals surface area (Å²) in [6.45, 7) is 11.7. The molecular weight excluding hydrogens is 527 g/mol. The Morgan fingerprint density at radius 3 is 2.78 bits per heavy atom. The molecule has 2 aliphatic rings. The third-order valence-corrected chi connectivity index (χ3v) is 6.76. The highest BCUT2D eigenvalue weighted by Gasteiger charge is 2.26. The molecule has 3 aromatic rings. The van der Waals surface area contributed by atoms with Crippen LogP contribution in [0, 0.1) is 12.7 Å². The van der Waals surface area contributed by atoms with E-state index in [2.05, 4.69) is 25.2 Å². The first kappa shape index (κ1) is 28.6. The van der Waals surface area contributed by atoms with Crippen LogP contribution < -0.4 is 10.1 Å². The van der Waals surface area contributed by atoms with Gasteiger partial charge in [-0.2, -0.15) is 4.98 Å². The highest BCUT2D eigenvalue weighted by atomic mass is 19.1. The molecule has 1 atom stereocenters. The van der Waals surface area contributed by atoms with Gasteiger partial charge < -0.3 is 29.4 Å². The average Bonchev–Trinajstić information content (AvgIpc) is 3.31. The maximum atomic E-state index is 14.9. The molecule has 1 aliphatic heterocycles. The molecule has 0 saturated carbocycles. The lowest BCUT2D eigenvalue weighted by atomic mass is 10.1. The number of H-pyrrole nitrogens is 1. The molecule has 0 spiro atoms. The summed E-state index contributed by atoms with van der Waals surface area (Å²) >= 11 is 0. The molecule has 0 bridgehead atoms. The minimum Gasteiger partial charge on any atom is -0.444 e. The van der Waals surface area contributed by atoms with Gasteiger partial charge in [0.2, 0.25) is 11.8 Å². The van der Waals surface area contributed by atoms with Crippen LogP contribution in [0.4, 0.5) is 15.1 Å². The second kappa shape index (κ2) is 12.3. The molecule has 1 aliphatic carbocycles. The zero-order chi connectivity index (χ0) is 29.0. The van der Waals surface area contributed by atoms with Crippen LogP contribution in [0.2, 0.25) is 0 Å². The average molecular weight is 565 g/mol. The first-order valence-corrected chi connectivity index (χ1v) is 13.9. The molecule has 1 amide bonds. The van der Waals surface area contributed by atoms with Crippen molar-refractivity contribution < 1.29 is 23.4 Å². The van der Waals surface area contributed by atoms with Gasteiger partial charge in [-0.05, 0) is 52.0 Å². The Labute approximate surface area is 239 Å². The number of nitrogens with zero attached hydrogens (tertiary/aromatic N) is 4. The number of aromatic amines is 1.